The maximum atomic E-state index is 10.7. The first-order chi connectivity index (χ1) is 6.80. The fourth-order valence-corrected chi connectivity index (χ4v) is 1.38. The summed E-state index contributed by atoms with van der Waals surface area (Å²) in [4.78, 5) is 10.7. The van der Waals surface area contributed by atoms with Crippen LogP contribution in [0.3, 0.4) is 0 Å². The Morgan fingerprint density at radius 2 is 1.93 bits per heavy atom. The average molecular weight is 208 g/mol. The number of hydrogen-bond acceptors (Lipinski definition) is 3. The fourth-order valence-electron chi connectivity index (χ4n) is 1.38. The van der Waals surface area contributed by atoms with Crippen LogP contribution in [-0.2, 0) is 10.2 Å². The van der Waals surface area contributed by atoms with E-state index in [1.165, 1.54) is 13.0 Å². The summed E-state index contributed by atoms with van der Waals surface area (Å²) in [6, 6.07) is 4.91. The average Bonchev–Trinajstić information content (AvgIpc) is 1.99. The number of esters is 1. The van der Waals surface area contributed by atoms with Crippen LogP contribution in [0.25, 0.3) is 0 Å². The van der Waals surface area contributed by atoms with Gasteiger partial charge >= 0.3 is 5.97 Å². The molecule has 0 heterocycles. The maximum absolute atomic E-state index is 10.7. The van der Waals surface area contributed by atoms with Crippen molar-refractivity contribution < 1.29 is 14.6 Å². The second kappa shape index (κ2) is 3.93. The summed E-state index contributed by atoms with van der Waals surface area (Å²) < 4.78 is 4.86. The summed E-state index contributed by atoms with van der Waals surface area (Å²) in [5, 5.41) is 9.75. The van der Waals surface area contributed by atoms with Crippen LogP contribution in [0.4, 0.5) is 0 Å². The molecular formula is C12H16O3. The van der Waals surface area contributed by atoms with Crippen LogP contribution >= 0.6 is 0 Å². The highest BCUT2D eigenvalue weighted by atomic mass is 16.5. The first-order valence-corrected chi connectivity index (χ1v) is 4.82. The molecule has 0 bridgehead atoms. The van der Waals surface area contributed by atoms with E-state index < -0.39 is 5.97 Å². The Hall–Kier alpha value is -1.51. The van der Waals surface area contributed by atoms with Gasteiger partial charge in [-0.2, -0.15) is 0 Å². The molecule has 82 valence electrons. The lowest BCUT2D eigenvalue weighted by atomic mass is 9.86. The zero-order valence-corrected chi connectivity index (χ0v) is 9.50. The Morgan fingerprint density at radius 3 is 2.33 bits per heavy atom. The van der Waals surface area contributed by atoms with Gasteiger partial charge in [-0.05, 0) is 17.0 Å². The predicted octanol–water partition coefficient (Wildman–Crippen LogP) is 2.62. The molecule has 15 heavy (non-hydrogen) atoms. The highest BCUT2D eigenvalue weighted by molar-refractivity contribution is 5.69. The number of rotatable bonds is 1. The summed E-state index contributed by atoms with van der Waals surface area (Å²) in [5.74, 6) is 0.132. The number of ether oxygens (including phenoxy) is 1. The first-order valence-electron chi connectivity index (χ1n) is 4.82. The number of aromatic hydroxyl groups is 1. The smallest absolute Gasteiger partial charge is 0.308 e. The minimum atomic E-state index is -0.391. The van der Waals surface area contributed by atoms with Crippen molar-refractivity contribution in [1.29, 1.82) is 0 Å². The standard InChI is InChI=1S/C12H16O3/c1-8(13)15-9-5-6-10(11(14)7-9)12(2,3)4/h5-7,14H,1-4H3. The highest BCUT2D eigenvalue weighted by Gasteiger charge is 2.18. The second-order valence-corrected chi connectivity index (χ2v) is 4.52. The minimum absolute atomic E-state index is 0.126. The lowest BCUT2D eigenvalue weighted by Gasteiger charge is -2.20. The quantitative estimate of drug-likeness (QED) is 0.570. The number of benzene rings is 1. The number of carbonyl (C=O) groups excluding carboxylic acids is 1. The monoisotopic (exact) mass is 208 g/mol. The van der Waals surface area contributed by atoms with E-state index >= 15 is 0 Å². The van der Waals surface area contributed by atoms with Gasteiger partial charge in [-0.25, -0.2) is 0 Å². The van der Waals surface area contributed by atoms with E-state index in [2.05, 4.69) is 0 Å². The van der Waals surface area contributed by atoms with Crippen molar-refractivity contribution in [1.82, 2.24) is 0 Å². The van der Waals surface area contributed by atoms with Gasteiger partial charge < -0.3 is 9.84 Å². The maximum Gasteiger partial charge on any atom is 0.308 e. The lowest BCUT2D eigenvalue weighted by Crippen LogP contribution is -2.11. The lowest BCUT2D eigenvalue weighted by molar-refractivity contribution is -0.131. The Morgan fingerprint density at radius 1 is 1.33 bits per heavy atom. The van der Waals surface area contributed by atoms with Crippen LogP contribution in [-0.4, -0.2) is 11.1 Å². The molecule has 0 radical (unpaired) electrons. The van der Waals surface area contributed by atoms with Gasteiger partial charge in [-0.1, -0.05) is 26.8 Å². The Kier molecular flexibility index (Phi) is 3.03. The van der Waals surface area contributed by atoms with Gasteiger partial charge in [0.25, 0.3) is 0 Å². The van der Waals surface area contributed by atoms with Crippen molar-refractivity contribution in [3.63, 3.8) is 0 Å². The van der Waals surface area contributed by atoms with Crippen molar-refractivity contribution in [3.8, 4) is 11.5 Å². The van der Waals surface area contributed by atoms with Gasteiger partial charge in [-0.15, -0.1) is 0 Å². The Labute approximate surface area is 89.7 Å². The summed E-state index contributed by atoms with van der Waals surface area (Å²) in [6.07, 6.45) is 0. The first kappa shape index (κ1) is 11.6. The molecule has 0 aromatic heterocycles. The van der Waals surface area contributed by atoms with Gasteiger partial charge in [0.1, 0.15) is 11.5 Å². The van der Waals surface area contributed by atoms with Crippen molar-refractivity contribution >= 4 is 5.97 Å². The van der Waals surface area contributed by atoms with E-state index in [0.717, 1.165) is 5.56 Å². The zero-order valence-electron chi connectivity index (χ0n) is 9.50. The van der Waals surface area contributed by atoms with E-state index in [0.29, 0.717) is 5.75 Å². The minimum Gasteiger partial charge on any atom is -0.508 e. The molecule has 0 fully saturated rings. The molecule has 0 spiro atoms. The van der Waals surface area contributed by atoms with Crippen LogP contribution < -0.4 is 4.74 Å². The van der Waals surface area contributed by atoms with Crippen LogP contribution in [0.5, 0.6) is 11.5 Å². The number of phenols is 1. The molecule has 3 heteroatoms. The number of hydrogen-bond donors (Lipinski definition) is 1. The normalized spacial score (nSPS) is 11.2. The molecule has 0 aliphatic carbocycles. The van der Waals surface area contributed by atoms with E-state index in [4.69, 9.17) is 4.74 Å². The molecule has 0 aliphatic heterocycles. The second-order valence-electron chi connectivity index (χ2n) is 4.52. The third-order valence-electron chi connectivity index (χ3n) is 2.04. The summed E-state index contributed by atoms with van der Waals surface area (Å²) >= 11 is 0. The summed E-state index contributed by atoms with van der Waals surface area (Å²) in [7, 11) is 0. The van der Waals surface area contributed by atoms with Gasteiger partial charge in [0.15, 0.2) is 0 Å². The largest absolute Gasteiger partial charge is 0.508 e. The number of phenolic OH excluding ortho intramolecular Hbond substituents is 1. The van der Waals surface area contributed by atoms with Gasteiger partial charge in [0, 0.05) is 13.0 Å². The Balaban J connectivity index is 3.04. The van der Waals surface area contributed by atoms with Crippen molar-refractivity contribution in [2.75, 3.05) is 0 Å². The molecule has 1 aromatic carbocycles. The fraction of sp³-hybridized carbons (Fsp3) is 0.417. The molecule has 3 nitrogen and oxygen atoms in total. The van der Waals surface area contributed by atoms with Gasteiger partial charge in [-0.3, -0.25) is 4.79 Å². The molecule has 0 unspecified atom stereocenters. The van der Waals surface area contributed by atoms with E-state index in [-0.39, 0.29) is 11.2 Å². The summed E-state index contributed by atoms with van der Waals surface area (Å²) in [5.41, 5.74) is 0.706. The summed E-state index contributed by atoms with van der Waals surface area (Å²) in [6.45, 7) is 7.35. The van der Waals surface area contributed by atoms with Crippen LogP contribution in [0.1, 0.15) is 33.3 Å². The van der Waals surface area contributed by atoms with E-state index in [1.807, 2.05) is 20.8 Å². The third-order valence-corrected chi connectivity index (χ3v) is 2.04. The number of carbonyl (C=O) groups is 1. The molecule has 1 rings (SSSR count). The molecule has 0 saturated carbocycles. The van der Waals surface area contributed by atoms with E-state index in [9.17, 15) is 9.90 Å². The van der Waals surface area contributed by atoms with Gasteiger partial charge in [0.2, 0.25) is 0 Å². The highest BCUT2D eigenvalue weighted by Crippen LogP contribution is 2.33. The third kappa shape index (κ3) is 2.98. The Bertz CT molecular complexity index is 375. The van der Waals surface area contributed by atoms with Crippen molar-refractivity contribution in [2.45, 2.75) is 33.1 Å². The van der Waals surface area contributed by atoms with Crippen molar-refractivity contribution in [3.05, 3.63) is 23.8 Å². The molecule has 0 atom stereocenters. The van der Waals surface area contributed by atoms with Crippen LogP contribution in [0.2, 0.25) is 0 Å². The topological polar surface area (TPSA) is 46.5 Å². The predicted molar refractivity (Wildman–Crippen MR) is 58.1 cm³/mol. The zero-order chi connectivity index (χ0) is 11.6. The van der Waals surface area contributed by atoms with Crippen molar-refractivity contribution in [2.24, 2.45) is 0 Å². The molecule has 1 N–H and O–H groups in total. The molecular weight excluding hydrogens is 192 g/mol. The molecule has 0 aliphatic rings. The molecule has 0 amide bonds. The van der Waals surface area contributed by atoms with E-state index in [1.54, 1.807) is 12.1 Å². The molecule has 1 aromatic rings. The van der Waals surface area contributed by atoms with Gasteiger partial charge in [0.05, 0.1) is 0 Å². The SMILES string of the molecule is CC(=O)Oc1ccc(C(C)(C)C)c(O)c1. The van der Waals surface area contributed by atoms with Crippen LogP contribution in [0.15, 0.2) is 18.2 Å². The molecule has 0 saturated heterocycles. The van der Waals surface area contributed by atoms with Crippen LogP contribution in [0, 0.1) is 0 Å².